The summed E-state index contributed by atoms with van der Waals surface area (Å²) < 4.78 is 15.2. The van der Waals surface area contributed by atoms with Gasteiger partial charge in [0.15, 0.2) is 7.14 Å². The van der Waals surface area contributed by atoms with Gasteiger partial charge < -0.3 is 9.46 Å². The van der Waals surface area contributed by atoms with Gasteiger partial charge in [0, 0.05) is 28.6 Å². The van der Waals surface area contributed by atoms with Gasteiger partial charge in [-0.25, -0.2) is 0 Å². The molecule has 0 atom stereocenters. The first-order valence-corrected chi connectivity index (χ1v) is 12.4. The van der Waals surface area contributed by atoms with E-state index in [-0.39, 0.29) is 0 Å². The predicted molar refractivity (Wildman–Crippen MR) is 138 cm³/mol. The summed E-state index contributed by atoms with van der Waals surface area (Å²) in [6, 6.07) is 42.5. The van der Waals surface area contributed by atoms with Gasteiger partial charge in [-0.2, -0.15) is 0 Å². The van der Waals surface area contributed by atoms with Gasteiger partial charge >= 0.3 is 0 Å². The van der Waals surface area contributed by atoms with Gasteiger partial charge in [-0.05, 0) is 35.0 Å². The van der Waals surface area contributed by atoms with E-state index in [4.69, 9.17) is 0 Å². The van der Waals surface area contributed by atoms with E-state index in [2.05, 4.69) is 41.3 Å². The van der Waals surface area contributed by atoms with Crippen molar-refractivity contribution in [3.8, 4) is 0 Å². The van der Waals surface area contributed by atoms with Crippen molar-refractivity contribution in [1.82, 2.24) is 0 Å². The number of hydrogen-bond acceptors (Lipinski definition) is 2. The van der Waals surface area contributed by atoms with E-state index in [0.717, 1.165) is 38.1 Å². The zero-order valence-electron chi connectivity index (χ0n) is 17.9. The molecule has 0 aliphatic heterocycles. The highest BCUT2D eigenvalue weighted by Gasteiger charge is 2.33. The quantitative estimate of drug-likeness (QED) is 0.306. The van der Waals surface area contributed by atoms with Gasteiger partial charge in [0.05, 0.1) is 5.69 Å². The summed E-state index contributed by atoms with van der Waals surface area (Å²) in [5, 5.41) is 4.73. The van der Waals surface area contributed by atoms with Crippen molar-refractivity contribution in [3.63, 3.8) is 0 Å². The number of benzene rings is 5. The van der Waals surface area contributed by atoms with E-state index in [1.165, 1.54) is 0 Å². The summed E-state index contributed by atoms with van der Waals surface area (Å²) in [5.74, 6) is 0. The molecule has 0 aliphatic carbocycles. The third-order valence-corrected chi connectivity index (χ3v) is 9.01. The molecular formula is C29H24NOP. The molecule has 0 heterocycles. The molecule has 0 fully saturated rings. The number of para-hydroxylation sites is 1. The van der Waals surface area contributed by atoms with E-state index in [1.807, 2.05) is 98.0 Å². The Bertz CT molecular complexity index is 1360. The Kier molecular flexibility index (Phi) is 5.39. The molecule has 156 valence electrons. The second-order valence-corrected chi connectivity index (χ2v) is 10.6. The Morgan fingerprint density at radius 1 is 0.562 bits per heavy atom. The van der Waals surface area contributed by atoms with Crippen molar-refractivity contribution in [1.29, 1.82) is 0 Å². The molecular weight excluding hydrogens is 409 g/mol. The highest BCUT2D eigenvalue weighted by atomic mass is 31.2. The van der Waals surface area contributed by atoms with Crippen LogP contribution in [0.15, 0.2) is 127 Å². The fraction of sp³-hybridized carbons (Fsp3) is 0.0345. The SMILES string of the molecule is CN(c1ccccc1)c1cc2ccccc2cc1P(=O)(c1ccccc1)c1ccccc1. The molecule has 0 saturated heterocycles. The molecule has 0 spiro atoms. The number of anilines is 2. The maximum Gasteiger partial charge on any atom is 0.173 e. The first-order chi connectivity index (χ1) is 15.7. The minimum Gasteiger partial charge on any atom is -0.344 e. The Labute approximate surface area is 189 Å². The maximum atomic E-state index is 15.2. The van der Waals surface area contributed by atoms with Crippen molar-refractivity contribution in [3.05, 3.63) is 127 Å². The topological polar surface area (TPSA) is 20.3 Å². The summed E-state index contributed by atoms with van der Waals surface area (Å²) in [6.45, 7) is 0. The van der Waals surface area contributed by atoms with Crippen molar-refractivity contribution < 1.29 is 4.57 Å². The fourth-order valence-electron chi connectivity index (χ4n) is 4.23. The van der Waals surface area contributed by atoms with Crippen LogP contribution >= 0.6 is 7.14 Å². The summed E-state index contributed by atoms with van der Waals surface area (Å²) in [6.07, 6.45) is 0. The van der Waals surface area contributed by atoms with Crippen LogP contribution in [0.5, 0.6) is 0 Å². The van der Waals surface area contributed by atoms with E-state index in [0.29, 0.717) is 0 Å². The van der Waals surface area contributed by atoms with Crippen LogP contribution in [-0.2, 0) is 4.57 Å². The normalized spacial score (nSPS) is 11.4. The zero-order valence-corrected chi connectivity index (χ0v) is 18.8. The molecule has 0 bridgehead atoms. The van der Waals surface area contributed by atoms with E-state index < -0.39 is 7.14 Å². The highest BCUT2D eigenvalue weighted by Crippen LogP contribution is 2.46. The van der Waals surface area contributed by atoms with Crippen molar-refractivity contribution in [2.24, 2.45) is 0 Å². The minimum atomic E-state index is -3.13. The fourth-order valence-corrected chi connectivity index (χ4v) is 7.13. The standard InChI is InChI=1S/C29H24NOP/c1-30(25-15-5-2-6-16-25)28-21-23-13-11-12-14-24(23)22-29(28)32(31,26-17-7-3-8-18-26)27-19-9-4-10-20-27/h2-22H,1H3. The molecule has 0 unspecified atom stereocenters. The Balaban J connectivity index is 1.85. The second kappa shape index (κ2) is 8.49. The molecule has 0 aliphatic rings. The van der Waals surface area contributed by atoms with Crippen molar-refractivity contribution >= 4 is 45.2 Å². The lowest BCUT2D eigenvalue weighted by molar-refractivity contribution is 0.592. The first kappa shape index (κ1) is 20.3. The van der Waals surface area contributed by atoms with Gasteiger partial charge in [-0.1, -0.05) is 103 Å². The van der Waals surface area contributed by atoms with Crippen LogP contribution in [0.4, 0.5) is 11.4 Å². The lowest BCUT2D eigenvalue weighted by Gasteiger charge is -2.28. The third kappa shape index (κ3) is 3.53. The number of rotatable bonds is 5. The molecule has 0 N–H and O–H groups in total. The molecule has 5 aromatic rings. The molecule has 3 heteroatoms. The largest absolute Gasteiger partial charge is 0.344 e. The third-order valence-electron chi connectivity index (χ3n) is 5.93. The lowest BCUT2D eigenvalue weighted by atomic mass is 10.1. The molecule has 0 aromatic heterocycles. The van der Waals surface area contributed by atoms with Crippen molar-refractivity contribution in [2.75, 3.05) is 11.9 Å². The Morgan fingerprint density at radius 3 is 1.53 bits per heavy atom. The molecule has 0 amide bonds. The smallest absolute Gasteiger partial charge is 0.173 e. The molecule has 0 radical (unpaired) electrons. The van der Waals surface area contributed by atoms with Crippen LogP contribution in [0.1, 0.15) is 0 Å². The summed E-state index contributed by atoms with van der Waals surface area (Å²) in [7, 11) is -1.09. The summed E-state index contributed by atoms with van der Waals surface area (Å²) >= 11 is 0. The van der Waals surface area contributed by atoms with Crippen LogP contribution in [-0.4, -0.2) is 7.05 Å². The molecule has 0 saturated carbocycles. The first-order valence-electron chi connectivity index (χ1n) is 10.7. The number of hydrogen-bond donors (Lipinski definition) is 0. The van der Waals surface area contributed by atoms with Gasteiger partial charge in [-0.3, -0.25) is 0 Å². The average Bonchev–Trinajstić information content (AvgIpc) is 2.88. The summed E-state index contributed by atoms with van der Waals surface area (Å²) in [4.78, 5) is 2.14. The van der Waals surface area contributed by atoms with Gasteiger partial charge in [-0.15, -0.1) is 0 Å². The van der Waals surface area contributed by atoms with Crippen LogP contribution in [0, 0.1) is 0 Å². The predicted octanol–water partition coefficient (Wildman–Crippen LogP) is 6.25. The van der Waals surface area contributed by atoms with E-state index >= 15 is 4.57 Å². The second-order valence-electron chi connectivity index (χ2n) is 7.86. The Hall–Kier alpha value is -3.61. The van der Waals surface area contributed by atoms with Gasteiger partial charge in [0.1, 0.15) is 0 Å². The maximum absolute atomic E-state index is 15.2. The molecule has 5 rings (SSSR count). The van der Waals surface area contributed by atoms with Gasteiger partial charge in [0.2, 0.25) is 0 Å². The lowest BCUT2D eigenvalue weighted by Crippen LogP contribution is -2.29. The highest BCUT2D eigenvalue weighted by molar-refractivity contribution is 7.85. The molecule has 32 heavy (non-hydrogen) atoms. The van der Waals surface area contributed by atoms with E-state index in [1.54, 1.807) is 0 Å². The van der Waals surface area contributed by atoms with Crippen LogP contribution in [0.25, 0.3) is 10.8 Å². The van der Waals surface area contributed by atoms with Crippen LogP contribution in [0.3, 0.4) is 0 Å². The monoisotopic (exact) mass is 433 g/mol. The van der Waals surface area contributed by atoms with Crippen LogP contribution in [0.2, 0.25) is 0 Å². The zero-order chi connectivity index (χ0) is 22.0. The Morgan fingerprint density at radius 2 is 1.00 bits per heavy atom. The molecule has 5 aromatic carbocycles. The van der Waals surface area contributed by atoms with E-state index in [9.17, 15) is 0 Å². The van der Waals surface area contributed by atoms with Gasteiger partial charge in [0.25, 0.3) is 0 Å². The summed E-state index contributed by atoms with van der Waals surface area (Å²) in [5.41, 5.74) is 2.00. The minimum absolute atomic E-state index is 0.837. The molecule has 2 nitrogen and oxygen atoms in total. The van der Waals surface area contributed by atoms with Crippen LogP contribution < -0.4 is 20.8 Å². The number of fused-ring (bicyclic) bond motifs is 1. The number of nitrogens with zero attached hydrogens (tertiary/aromatic N) is 1. The van der Waals surface area contributed by atoms with Crippen molar-refractivity contribution in [2.45, 2.75) is 0 Å². The average molecular weight is 433 g/mol.